The van der Waals surface area contributed by atoms with E-state index in [4.69, 9.17) is 4.98 Å². The topological polar surface area (TPSA) is 22.8 Å². The van der Waals surface area contributed by atoms with Gasteiger partial charge in [0.15, 0.2) is 0 Å². The van der Waals surface area contributed by atoms with Crippen molar-refractivity contribution in [3.05, 3.63) is 169 Å². The minimum absolute atomic E-state index is 0.352. The van der Waals surface area contributed by atoms with Crippen LogP contribution in [0, 0.1) is 0 Å². The van der Waals surface area contributed by atoms with Crippen molar-refractivity contribution in [2.24, 2.45) is 14.1 Å². The quantitative estimate of drug-likeness (QED) is 0.175. The number of aryl methyl sites for hydroxylation is 2. The van der Waals surface area contributed by atoms with Crippen molar-refractivity contribution >= 4 is 59.8 Å². The number of allylic oxidation sites excluding steroid dienone is 4. The fourth-order valence-corrected chi connectivity index (χ4v) is 8.37. The smallest absolute Gasteiger partial charge is 0.140 e. The predicted molar refractivity (Wildman–Crippen MR) is 211 cm³/mol. The fraction of sp³-hybridized carbons (Fsp3) is 0.0851. The Balaban J connectivity index is 1.09. The molecular formula is C47H35N3. The number of hydrogen-bond acceptors (Lipinski definition) is 1. The van der Waals surface area contributed by atoms with Crippen molar-refractivity contribution in [1.82, 2.24) is 14.1 Å². The van der Waals surface area contributed by atoms with Crippen LogP contribution in [0.5, 0.6) is 0 Å². The number of imidazole rings is 1. The van der Waals surface area contributed by atoms with Gasteiger partial charge < -0.3 is 9.13 Å². The average molecular weight is 642 g/mol. The van der Waals surface area contributed by atoms with Gasteiger partial charge in [-0.3, -0.25) is 0 Å². The third kappa shape index (κ3) is 4.40. The van der Waals surface area contributed by atoms with Crippen molar-refractivity contribution in [3.63, 3.8) is 0 Å². The van der Waals surface area contributed by atoms with E-state index in [9.17, 15) is 0 Å². The summed E-state index contributed by atoms with van der Waals surface area (Å²) in [4.78, 5) is 4.95. The maximum absolute atomic E-state index is 4.95. The molecule has 0 spiro atoms. The van der Waals surface area contributed by atoms with Crippen LogP contribution in [0.3, 0.4) is 0 Å². The number of para-hydroxylation sites is 3. The Morgan fingerprint density at radius 3 is 1.88 bits per heavy atom. The fourth-order valence-electron chi connectivity index (χ4n) is 8.37. The third-order valence-electron chi connectivity index (χ3n) is 10.9. The largest absolute Gasteiger partial charge is 0.347 e. The summed E-state index contributed by atoms with van der Waals surface area (Å²) in [5.41, 5.74) is 11.0. The van der Waals surface area contributed by atoms with Gasteiger partial charge in [-0.05, 0) is 103 Å². The number of benzene rings is 7. The van der Waals surface area contributed by atoms with Gasteiger partial charge in [0, 0.05) is 36.8 Å². The van der Waals surface area contributed by atoms with E-state index in [1.807, 2.05) is 6.07 Å². The van der Waals surface area contributed by atoms with Crippen LogP contribution in [0.25, 0.3) is 82.3 Å². The molecule has 3 heteroatoms. The summed E-state index contributed by atoms with van der Waals surface area (Å²) in [5, 5.41) is 9.02. The SMILES string of the molecule is Cn1c(C2C=CC(c3cc4cc(-c5ccc(-c6nc7ccccc7n6C)cc5)c5ccccc5c4c4ccccc34)=CC2)cc2ccccc21. The molecule has 1 aliphatic carbocycles. The predicted octanol–water partition coefficient (Wildman–Crippen LogP) is 12.0. The standard InChI is InChI=1S/C47H35N3/c1-49-43-17-9-3-11-34(43)29-45(49)32-23-19-30(20-24-32)40-27-35-28-41(37-13-5-7-15-39(37)46(35)38-14-6-4-12-36(38)40)31-21-25-33(26-22-31)47-48-42-16-8-10-18-44(42)50(47)2/h3-23,25-29,32H,24H2,1-2H3. The Bertz CT molecular complexity index is 2860. The normalized spacial score (nSPS) is 14.8. The maximum Gasteiger partial charge on any atom is 0.140 e. The summed E-state index contributed by atoms with van der Waals surface area (Å²) < 4.78 is 4.53. The highest BCUT2D eigenvalue weighted by Gasteiger charge is 2.20. The van der Waals surface area contributed by atoms with Crippen molar-refractivity contribution in [2.75, 3.05) is 0 Å². The molecule has 9 aromatic rings. The molecule has 2 heterocycles. The van der Waals surface area contributed by atoms with Crippen LogP contribution in [-0.4, -0.2) is 14.1 Å². The lowest BCUT2D eigenvalue weighted by Crippen LogP contribution is -2.04. The zero-order valence-corrected chi connectivity index (χ0v) is 28.1. The molecule has 1 unspecified atom stereocenters. The molecule has 3 nitrogen and oxygen atoms in total. The molecule has 0 radical (unpaired) electrons. The second-order valence-corrected chi connectivity index (χ2v) is 13.6. The van der Waals surface area contributed by atoms with Crippen LogP contribution in [-0.2, 0) is 14.1 Å². The number of nitrogens with zero attached hydrogens (tertiary/aromatic N) is 3. The first-order valence-corrected chi connectivity index (χ1v) is 17.4. The Kier molecular flexibility index (Phi) is 6.44. The van der Waals surface area contributed by atoms with Crippen molar-refractivity contribution in [3.8, 4) is 22.5 Å². The summed E-state index contributed by atoms with van der Waals surface area (Å²) in [7, 11) is 4.29. The Hall–Kier alpha value is -6.19. The van der Waals surface area contributed by atoms with E-state index in [1.54, 1.807) is 0 Å². The van der Waals surface area contributed by atoms with Crippen LogP contribution in [0.15, 0.2) is 158 Å². The highest BCUT2D eigenvalue weighted by molar-refractivity contribution is 6.25. The lowest BCUT2D eigenvalue weighted by atomic mass is 9.85. The van der Waals surface area contributed by atoms with E-state index in [-0.39, 0.29) is 0 Å². The average Bonchev–Trinajstić information content (AvgIpc) is 3.70. The second kappa shape index (κ2) is 11.2. The highest BCUT2D eigenvalue weighted by Crippen LogP contribution is 2.43. The molecule has 0 aliphatic heterocycles. The van der Waals surface area contributed by atoms with E-state index in [0.29, 0.717) is 5.92 Å². The van der Waals surface area contributed by atoms with Crippen molar-refractivity contribution < 1.29 is 0 Å². The lowest BCUT2D eigenvalue weighted by molar-refractivity contribution is 0.756. The zero-order valence-electron chi connectivity index (χ0n) is 28.1. The van der Waals surface area contributed by atoms with Gasteiger partial charge in [-0.2, -0.15) is 0 Å². The summed E-state index contributed by atoms with van der Waals surface area (Å²) in [6.07, 6.45) is 8.17. The first kappa shape index (κ1) is 28.8. The van der Waals surface area contributed by atoms with Gasteiger partial charge in [0.05, 0.1) is 11.0 Å². The molecule has 0 bridgehead atoms. The van der Waals surface area contributed by atoms with E-state index in [0.717, 1.165) is 28.8 Å². The van der Waals surface area contributed by atoms with Crippen LogP contribution in [0.2, 0.25) is 0 Å². The maximum atomic E-state index is 4.95. The zero-order chi connectivity index (χ0) is 33.3. The summed E-state index contributed by atoms with van der Waals surface area (Å²) >= 11 is 0. The Labute approximate surface area is 291 Å². The van der Waals surface area contributed by atoms with E-state index in [2.05, 4.69) is 175 Å². The Morgan fingerprint density at radius 1 is 0.560 bits per heavy atom. The van der Waals surface area contributed by atoms with Gasteiger partial charge in [-0.1, -0.05) is 121 Å². The van der Waals surface area contributed by atoms with Gasteiger partial charge >= 0.3 is 0 Å². The molecular weight excluding hydrogens is 607 g/mol. The van der Waals surface area contributed by atoms with Gasteiger partial charge in [-0.15, -0.1) is 0 Å². The minimum atomic E-state index is 0.352. The van der Waals surface area contributed by atoms with Crippen LogP contribution in [0.1, 0.15) is 23.6 Å². The highest BCUT2D eigenvalue weighted by atomic mass is 15.1. The molecule has 7 aromatic carbocycles. The van der Waals surface area contributed by atoms with E-state index in [1.165, 1.54) is 71.2 Å². The summed E-state index contributed by atoms with van der Waals surface area (Å²) in [6, 6.07) is 50.9. The Morgan fingerprint density at radius 2 is 1.18 bits per heavy atom. The number of rotatable bonds is 4. The molecule has 0 amide bonds. The van der Waals surface area contributed by atoms with Crippen LogP contribution >= 0.6 is 0 Å². The van der Waals surface area contributed by atoms with Gasteiger partial charge in [-0.25, -0.2) is 4.98 Å². The molecule has 0 N–H and O–H groups in total. The van der Waals surface area contributed by atoms with E-state index >= 15 is 0 Å². The van der Waals surface area contributed by atoms with Gasteiger partial charge in [0.25, 0.3) is 0 Å². The lowest BCUT2D eigenvalue weighted by Gasteiger charge is -2.20. The molecule has 2 aromatic heterocycles. The number of hydrogen-bond donors (Lipinski definition) is 0. The minimum Gasteiger partial charge on any atom is -0.347 e. The second-order valence-electron chi connectivity index (χ2n) is 13.6. The van der Waals surface area contributed by atoms with Gasteiger partial charge in [0.1, 0.15) is 5.82 Å². The van der Waals surface area contributed by atoms with E-state index < -0.39 is 0 Å². The first-order chi connectivity index (χ1) is 24.6. The van der Waals surface area contributed by atoms with Crippen molar-refractivity contribution in [1.29, 1.82) is 0 Å². The number of aromatic nitrogens is 3. The molecule has 10 rings (SSSR count). The molecule has 0 fully saturated rings. The molecule has 1 atom stereocenters. The number of fused-ring (bicyclic) bond motifs is 7. The van der Waals surface area contributed by atoms with Crippen LogP contribution < -0.4 is 0 Å². The molecule has 50 heavy (non-hydrogen) atoms. The summed E-state index contributed by atoms with van der Waals surface area (Å²) in [6.45, 7) is 0. The van der Waals surface area contributed by atoms with Crippen LogP contribution in [0.4, 0.5) is 0 Å². The molecule has 0 saturated carbocycles. The molecule has 0 saturated heterocycles. The monoisotopic (exact) mass is 641 g/mol. The third-order valence-corrected chi connectivity index (χ3v) is 10.9. The molecule has 238 valence electrons. The summed E-state index contributed by atoms with van der Waals surface area (Å²) in [5.74, 6) is 1.33. The molecule has 1 aliphatic rings. The first-order valence-electron chi connectivity index (χ1n) is 17.4. The van der Waals surface area contributed by atoms with Gasteiger partial charge in [0.2, 0.25) is 0 Å². The van der Waals surface area contributed by atoms with Crippen molar-refractivity contribution in [2.45, 2.75) is 12.3 Å².